The molecule has 0 saturated heterocycles. The van der Waals surface area contributed by atoms with Crippen LogP contribution in [0.25, 0.3) is 0 Å². The molecule has 1 heterocycles. The summed E-state index contributed by atoms with van der Waals surface area (Å²) in [6, 6.07) is 4.81. The van der Waals surface area contributed by atoms with Crippen LogP contribution in [-0.4, -0.2) is 14.0 Å². The topological polar surface area (TPSA) is 43.4 Å². The van der Waals surface area contributed by atoms with Gasteiger partial charge in [0.25, 0.3) is 9.05 Å². The number of fused-ring (bicyclic) bond motifs is 1. The maximum atomic E-state index is 11.4. The molecular formula is C14H19ClO3S. The number of benzene rings is 1. The lowest BCUT2D eigenvalue weighted by molar-refractivity contribution is -0.0432. The minimum atomic E-state index is -3.71. The van der Waals surface area contributed by atoms with Crippen LogP contribution in [0.3, 0.4) is 0 Å². The molecular weight excluding hydrogens is 284 g/mol. The smallest absolute Gasteiger partial charge is 0.261 e. The fourth-order valence-electron chi connectivity index (χ4n) is 2.43. The van der Waals surface area contributed by atoms with Crippen molar-refractivity contribution in [1.29, 1.82) is 0 Å². The highest BCUT2D eigenvalue weighted by Gasteiger charge is 2.48. The van der Waals surface area contributed by atoms with Gasteiger partial charge in [0.05, 0.1) is 4.90 Å². The number of rotatable bonds is 1. The monoisotopic (exact) mass is 302 g/mol. The van der Waals surface area contributed by atoms with Crippen molar-refractivity contribution in [3.63, 3.8) is 0 Å². The normalized spacial score (nSPS) is 24.4. The number of hydrogen-bond donors (Lipinski definition) is 0. The zero-order chi connectivity index (χ0) is 14.6. The van der Waals surface area contributed by atoms with Gasteiger partial charge in [0.1, 0.15) is 11.4 Å². The minimum Gasteiger partial charge on any atom is -0.487 e. The van der Waals surface area contributed by atoms with Crippen LogP contribution in [0.2, 0.25) is 0 Å². The molecule has 0 radical (unpaired) electrons. The van der Waals surface area contributed by atoms with Crippen molar-refractivity contribution in [3.8, 4) is 5.75 Å². The van der Waals surface area contributed by atoms with Crippen molar-refractivity contribution in [1.82, 2.24) is 0 Å². The second-order valence-corrected chi connectivity index (χ2v) is 8.76. The molecule has 2 rings (SSSR count). The number of ether oxygens (including phenoxy) is 1. The summed E-state index contributed by atoms with van der Waals surface area (Å²) in [7, 11) is 1.70. The molecule has 1 aromatic carbocycles. The summed E-state index contributed by atoms with van der Waals surface area (Å²) in [5, 5.41) is 0. The van der Waals surface area contributed by atoms with E-state index < -0.39 is 9.05 Å². The van der Waals surface area contributed by atoms with Gasteiger partial charge in [-0.15, -0.1) is 0 Å². The molecule has 0 saturated carbocycles. The summed E-state index contributed by atoms with van der Waals surface area (Å²) >= 11 is 0. The highest BCUT2D eigenvalue weighted by molar-refractivity contribution is 8.13. The van der Waals surface area contributed by atoms with Crippen molar-refractivity contribution >= 4 is 19.7 Å². The molecule has 0 N–H and O–H groups in total. The molecule has 0 bridgehead atoms. The van der Waals surface area contributed by atoms with Gasteiger partial charge in [-0.3, -0.25) is 0 Å². The molecule has 0 amide bonds. The van der Waals surface area contributed by atoms with Crippen molar-refractivity contribution in [2.45, 2.75) is 51.0 Å². The lowest BCUT2D eigenvalue weighted by Crippen LogP contribution is -2.50. The first-order valence-electron chi connectivity index (χ1n) is 6.24. The van der Waals surface area contributed by atoms with Gasteiger partial charge in [0.2, 0.25) is 0 Å². The second kappa shape index (κ2) is 4.13. The molecule has 1 aromatic rings. The molecule has 1 unspecified atom stereocenters. The molecule has 0 aromatic heterocycles. The van der Waals surface area contributed by atoms with E-state index in [0.29, 0.717) is 0 Å². The van der Waals surface area contributed by atoms with E-state index in [1.54, 1.807) is 12.1 Å². The first-order chi connectivity index (χ1) is 8.47. The van der Waals surface area contributed by atoms with Gasteiger partial charge in [-0.1, -0.05) is 20.8 Å². The van der Waals surface area contributed by atoms with Crippen molar-refractivity contribution < 1.29 is 13.2 Å². The van der Waals surface area contributed by atoms with Gasteiger partial charge in [0.15, 0.2) is 0 Å². The van der Waals surface area contributed by atoms with Crippen LogP contribution < -0.4 is 4.74 Å². The maximum absolute atomic E-state index is 11.4. The van der Waals surface area contributed by atoms with Crippen molar-refractivity contribution in [2.24, 2.45) is 5.41 Å². The maximum Gasteiger partial charge on any atom is 0.261 e. The van der Waals surface area contributed by atoms with Crippen molar-refractivity contribution in [3.05, 3.63) is 23.8 Å². The lowest BCUT2D eigenvalue weighted by Gasteiger charge is -2.50. The SMILES string of the molecule is CC1c2cc(S(=O)(=O)Cl)ccc2OC(C)(C)C1(C)C. The third-order valence-corrected chi connectivity index (χ3v) is 6.08. The van der Waals surface area contributed by atoms with E-state index in [-0.39, 0.29) is 21.8 Å². The van der Waals surface area contributed by atoms with E-state index in [0.717, 1.165) is 11.3 Å². The molecule has 0 fully saturated rings. The minimum absolute atomic E-state index is 0.116. The van der Waals surface area contributed by atoms with Crippen LogP contribution in [0, 0.1) is 5.41 Å². The molecule has 1 atom stereocenters. The van der Waals surface area contributed by atoms with E-state index in [4.69, 9.17) is 15.4 Å². The molecule has 3 nitrogen and oxygen atoms in total. The summed E-state index contributed by atoms with van der Waals surface area (Å²) in [6.45, 7) is 10.5. The summed E-state index contributed by atoms with van der Waals surface area (Å²) in [5.41, 5.74) is 0.459. The van der Waals surface area contributed by atoms with Crippen LogP contribution in [0.5, 0.6) is 5.75 Å². The Kier molecular flexibility index (Phi) is 3.18. The second-order valence-electron chi connectivity index (χ2n) is 6.19. The molecule has 1 aliphatic heterocycles. The molecule has 19 heavy (non-hydrogen) atoms. The molecule has 106 valence electrons. The highest BCUT2D eigenvalue weighted by Crippen LogP contribution is 2.52. The summed E-state index contributed by atoms with van der Waals surface area (Å²) in [5.74, 6) is 0.908. The summed E-state index contributed by atoms with van der Waals surface area (Å²) in [6.07, 6.45) is 0. The average molecular weight is 303 g/mol. The first-order valence-corrected chi connectivity index (χ1v) is 8.55. The van der Waals surface area contributed by atoms with Crippen LogP contribution in [0.15, 0.2) is 23.1 Å². The van der Waals surface area contributed by atoms with Crippen molar-refractivity contribution in [2.75, 3.05) is 0 Å². The van der Waals surface area contributed by atoms with Crippen LogP contribution in [-0.2, 0) is 9.05 Å². The van der Waals surface area contributed by atoms with E-state index in [9.17, 15) is 8.42 Å². The Balaban J connectivity index is 2.63. The van der Waals surface area contributed by atoms with Gasteiger partial charge in [-0.05, 0) is 43.5 Å². The predicted molar refractivity (Wildman–Crippen MR) is 76.4 cm³/mol. The van der Waals surface area contributed by atoms with E-state index in [1.807, 2.05) is 0 Å². The quantitative estimate of drug-likeness (QED) is 0.739. The zero-order valence-electron chi connectivity index (χ0n) is 11.8. The Morgan fingerprint density at radius 2 is 1.79 bits per heavy atom. The van der Waals surface area contributed by atoms with E-state index in [2.05, 4.69) is 34.6 Å². The molecule has 0 aliphatic carbocycles. The molecule has 1 aliphatic rings. The van der Waals surface area contributed by atoms with Crippen LogP contribution in [0.4, 0.5) is 0 Å². The number of hydrogen-bond acceptors (Lipinski definition) is 3. The van der Waals surface area contributed by atoms with E-state index >= 15 is 0 Å². The van der Waals surface area contributed by atoms with Gasteiger partial charge in [0, 0.05) is 16.1 Å². The van der Waals surface area contributed by atoms with Gasteiger partial charge in [-0.25, -0.2) is 8.42 Å². The summed E-state index contributed by atoms with van der Waals surface area (Å²) < 4.78 is 28.9. The third kappa shape index (κ3) is 2.25. The van der Waals surface area contributed by atoms with E-state index in [1.165, 1.54) is 6.07 Å². The fraction of sp³-hybridized carbons (Fsp3) is 0.571. The Hall–Kier alpha value is -0.740. The Morgan fingerprint density at radius 3 is 2.32 bits per heavy atom. The average Bonchev–Trinajstić information content (AvgIpc) is 2.24. The van der Waals surface area contributed by atoms with Crippen LogP contribution in [0.1, 0.15) is 46.1 Å². The first kappa shape index (κ1) is 14.7. The van der Waals surface area contributed by atoms with Gasteiger partial charge >= 0.3 is 0 Å². The largest absolute Gasteiger partial charge is 0.487 e. The predicted octanol–water partition coefficient (Wildman–Crippen LogP) is 3.91. The molecule has 5 heteroatoms. The highest BCUT2D eigenvalue weighted by atomic mass is 35.7. The molecule has 0 spiro atoms. The van der Waals surface area contributed by atoms with Gasteiger partial charge in [-0.2, -0.15) is 0 Å². The Bertz CT molecular complexity index is 618. The lowest BCUT2D eigenvalue weighted by atomic mass is 9.64. The van der Waals surface area contributed by atoms with Crippen LogP contribution >= 0.6 is 10.7 Å². The third-order valence-electron chi connectivity index (χ3n) is 4.73. The Morgan fingerprint density at radius 1 is 1.21 bits per heavy atom. The Labute approximate surface area is 119 Å². The number of halogens is 1. The fourth-order valence-corrected chi connectivity index (χ4v) is 3.21. The zero-order valence-corrected chi connectivity index (χ0v) is 13.4. The van der Waals surface area contributed by atoms with Gasteiger partial charge < -0.3 is 4.74 Å². The summed E-state index contributed by atoms with van der Waals surface area (Å²) in [4.78, 5) is 0.124. The standard InChI is InChI=1S/C14H19ClO3S/c1-9-11-8-10(19(15,16)17)6-7-12(11)18-14(4,5)13(9,2)3/h6-9H,1-5H3.